The zero-order valence-electron chi connectivity index (χ0n) is 7.78. The molecule has 1 aromatic heterocycles. The summed E-state index contributed by atoms with van der Waals surface area (Å²) in [6.07, 6.45) is 1.64. The van der Waals surface area contributed by atoms with E-state index in [1.54, 1.807) is 6.26 Å². The minimum absolute atomic E-state index is 0.0751. The van der Waals surface area contributed by atoms with E-state index in [1.165, 1.54) is 0 Å². The molecule has 0 aromatic carbocycles. The Bertz CT molecular complexity index is 303. The zero-order valence-corrected chi connectivity index (χ0v) is 7.78. The third kappa shape index (κ3) is 1.24. The Morgan fingerprint density at radius 1 is 1.54 bits per heavy atom. The minimum atomic E-state index is 0.0751. The standard InChI is InChI=1S/C10H13NO2/c1-6(2)8-9(11-10(8)12)7-4-3-5-13-7/h3-6,8-9H,1-2H3,(H,11,12)/t8-,9-/m0/s1. The fourth-order valence-electron chi connectivity index (χ4n) is 1.80. The van der Waals surface area contributed by atoms with Crippen LogP contribution < -0.4 is 5.32 Å². The first-order valence-electron chi connectivity index (χ1n) is 4.54. The molecule has 1 saturated heterocycles. The summed E-state index contributed by atoms with van der Waals surface area (Å²) in [5.74, 6) is 1.43. The predicted octanol–water partition coefficient (Wildman–Crippen LogP) is 1.72. The molecule has 3 nitrogen and oxygen atoms in total. The van der Waals surface area contributed by atoms with E-state index in [0.717, 1.165) is 5.76 Å². The van der Waals surface area contributed by atoms with Gasteiger partial charge in [-0.25, -0.2) is 0 Å². The average molecular weight is 179 g/mol. The van der Waals surface area contributed by atoms with Crippen molar-refractivity contribution in [1.29, 1.82) is 0 Å². The lowest BCUT2D eigenvalue weighted by molar-refractivity contribution is -0.138. The molecule has 0 radical (unpaired) electrons. The molecule has 0 unspecified atom stereocenters. The summed E-state index contributed by atoms with van der Waals surface area (Å²) in [4.78, 5) is 11.2. The molecule has 1 fully saturated rings. The Morgan fingerprint density at radius 2 is 2.31 bits per heavy atom. The third-order valence-corrected chi connectivity index (χ3v) is 2.53. The normalized spacial score (nSPS) is 27.2. The number of carbonyl (C=O) groups is 1. The van der Waals surface area contributed by atoms with Crippen LogP contribution in [0.25, 0.3) is 0 Å². The van der Waals surface area contributed by atoms with Crippen LogP contribution in [-0.2, 0) is 4.79 Å². The van der Waals surface area contributed by atoms with Crippen LogP contribution >= 0.6 is 0 Å². The molecule has 2 heterocycles. The van der Waals surface area contributed by atoms with Gasteiger partial charge in [0, 0.05) is 0 Å². The molecule has 1 aromatic rings. The van der Waals surface area contributed by atoms with E-state index in [1.807, 2.05) is 12.1 Å². The van der Waals surface area contributed by atoms with E-state index in [0.29, 0.717) is 5.92 Å². The number of hydrogen-bond acceptors (Lipinski definition) is 2. The molecule has 70 valence electrons. The van der Waals surface area contributed by atoms with Gasteiger partial charge in [-0.2, -0.15) is 0 Å². The van der Waals surface area contributed by atoms with Crippen molar-refractivity contribution in [2.24, 2.45) is 11.8 Å². The number of β-lactam (4-membered cyclic amide) rings is 1. The smallest absolute Gasteiger partial charge is 0.226 e. The highest BCUT2D eigenvalue weighted by Crippen LogP contribution is 2.35. The topological polar surface area (TPSA) is 42.2 Å². The van der Waals surface area contributed by atoms with Crippen LogP contribution in [-0.4, -0.2) is 5.91 Å². The van der Waals surface area contributed by atoms with Crippen molar-refractivity contribution in [1.82, 2.24) is 5.32 Å². The van der Waals surface area contributed by atoms with Crippen molar-refractivity contribution in [2.75, 3.05) is 0 Å². The molecule has 1 aliphatic heterocycles. The van der Waals surface area contributed by atoms with Crippen molar-refractivity contribution < 1.29 is 9.21 Å². The van der Waals surface area contributed by atoms with Crippen LogP contribution in [0, 0.1) is 11.8 Å². The second-order valence-electron chi connectivity index (χ2n) is 3.77. The van der Waals surface area contributed by atoms with Gasteiger partial charge in [-0.1, -0.05) is 13.8 Å². The molecule has 0 saturated carbocycles. The summed E-state index contributed by atoms with van der Waals surface area (Å²) in [7, 11) is 0. The van der Waals surface area contributed by atoms with E-state index in [4.69, 9.17) is 4.42 Å². The molecule has 3 heteroatoms. The molecule has 2 atom stereocenters. The fourth-order valence-corrected chi connectivity index (χ4v) is 1.80. The summed E-state index contributed by atoms with van der Waals surface area (Å²) < 4.78 is 5.25. The summed E-state index contributed by atoms with van der Waals surface area (Å²) in [5.41, 5.74) is 0. The largest absolute Gasteiger partial charge is 0.467 e. The Morgan fingerprint density at radius 3 is 2.77 bits per heavy atom. The summed E-state index contributed by atoms with van der Waals surface area (Å²) in [5, 5.41) is 2.84. The maximum absolute atomic E-state index is 11.2. The molecule has 13 heavy (non-hydrogen) atoms. The fraction of sp³-hybridized carbons (Fsp3) is 0.500. The second kappa shape index (κ2) is 2.91. The van der Waals surface area contributed by atoms with Gasteiger partial charge in [0.25, 0.3) is 0 Å². The monoisotopic (exact) mass is 179 g/mol. The van der Waals surface area contributed by atoms with Crippen molar-refractivity contribution in [2.45, 2.75) is 19.9 Å². The second-order valence-corrected chi connectivity index (χ2v) is 3.77. The number of nitrogens with one attached hydrogen (secondary N) is 1. The van der Waals surface area contributed by atoms with Gasteiger partial charge in [0.15, 0.2) is 0 Å². The van der Waals surface area contributed by atoms with Crippen LogP contribution in [0.5, 0.6) is 0 Å². The zero-order chi connectivity index (χ0) is 9.42. The van der Waals surface area contributed by atoms with Crippen LogP contribution in [0.2, 0.25) is 0 Å². The van der Waals surface area contributed by atoms with E-state index in [2.05, 4.69) is 19.2 Å². The van der Waals surface area contributed by atoms with Gasteiger partial charge in [-0.15, -0.1) is 0 Å². The maximum Gasteiger partial charge on any atom is 0.226 e. The molecule has 0 bridgehead atoms. The summed E-state index contributed by atoms with van der Waals surface area (Å²) >= 11 is 0. The van der Waals surface area contributed by atoms with Crippen LogP contribution in [0.15, 0.2) is 22.8 Å². The molecule has 2 rings (SSSR count). The number of carbonyl (C=O) groups excluding carboxylic acids is 1. The average Bonchev–Trinajstić information content (AvgIpc) is 2.50. The van der Waals surface area contributed by atoms with Gasteiger partial charge in [-0.05, 0) is 18.1 Å². The highest BCUT2D eigenvalue weighted by Gasteiger charge is 2.43. The highest BCUT2D eigenvalue weighted by molar-refractivity contribution is 5.86. The Balaban J connectivity index is 2.15. The number of furan rings is 1. The van der Waals surface area contributed by atoms with E-state index in [-0.39, 0.29) is 17.9 Å². The molecular weight excluding hydrogens is 166 g/mol. The molecule has 0 aliphatic carbocycles. The Labute approximate surface area is 77.1 Å². The van der Waals surface area contributed by atoms with Crippen molar-refractivity contribution in [3.63, 3.8) is 0 Å². The van der Waals surface area contributed by atoms with E-state index in [9.17, 15) is 4.79 Å². The number of amides is 1. The third-order valence-electron chi connectivity index (χ3n) is 2.53. The highest BCUT2D eigenvalue weighted by atomic mass is 16.3. The SMILES string of the molecule is CC(C)[C@@H]1C(=O)N[C@H]1c1ccco1. The van der Waals surface area contributed by atoms with Gasteiger partial charge < -0.3 is 9.73 Å². The molecule has 1 amide bonds. The molecular formula is C10H13NO2. The van der Waals surface area contributed by atoms with Gasteiger partial charge >= 0.3 is 0 Å². The maximum atomic E-state index is 11.2. The van der Waals surface area contributed by atoms with Gasteiger partial charge in [-0.3, -0.25) is 4.79 Å². The molecule has 0 spiro atoms. The van der Waals surface area contributed by atoms with Crippen molar-refractivity contribution >= 4 is 5.91 Å². The quantitative estimate of drug-likeness (QED) is 0.702. The van der Waals surface area contributed by atoms with Gasteiger partial charge in [0.2, 0.25) is 5.91 Å². The van der Waals surface area contributed by atoms with E-state index >= 15 is 0 Å². The lowest BCUT2D eigenvalue weighted by atomic mass is 9.80. The van der Waals surface area contributed by atoms with Crippen LogP contribution in [0.3, 0.4) is 0 Å². The summed E-state index contributed by atoms with van der Waals surface area (Å²) in [6.45, 7) is 4.11. The van der Waals surface area contributed by atoms with Crippen LogP contribution in [0.4, 0.5) is 0 Å². The van der Waals surface area contributed by atoms with Gasteiger partial charge in [0.05, 0.1) is 18.2 Å². The first kappa shape index (κ1) is 8.35. The molecule has 1 aliphatic rings. The first-order valence-corrected chi connectivity index (χ1v) is 4.54. The lowest BCUT2D eigenvalue weighted by Crippen LogP contribution is -2.53. The lowest BCUT2D eigenvalue weighted by Gasteiger charge is -2.37. The Hall–Kier alpha value is -1.25. The number of rotatable bonds is 2. The summed E-state index contributed by atoms with van der Waals surface area (Å²) in [6, 6.07) is 3.83. The van der Waals surface area contributed by atoms with Crippen molar-refractivity contribution in [3.05, 3.63) is 24.2 Å². The number of hydrogen-bond donors (Lipinski definition) is 1. The van der Waals surface area contributed by atoms with Gasteiger partial charge in [0.1, 0.15) is 5.76 Å². The first-order chi connectivity index (χ1) is 6.20. The minimum Gasteiger partial charge on any atom is -0.467 e. The Kier molecular flexibility index (Phi) is 1.87. The van der Waals surface area contributed by atoms with E-state index < -0.39 is 0 Å². The van der Waals surface area contributed by atoms with Crippen LogP contribution in [0.1, 0.15) is 25.6 Å². The predicted molar refractivity (Wildman–Crippen MR) is 47.9 cm³/mol. The van der Waals surface area contributed by atoms with Crippen molar-refractivity contribution in [3.8, 4) is 0 Å². The molecule has 1 N–H and O–H groups in total.